The van der Waals surface area contributed by atoms with E-state index in [0.29, 0.717) is 24.3 Å². The van der Waals surface area contributed by atoms with Gasteiger partial charge in [0.1, 0.15) is 12.4 Å². The van der Waals surface area contributed by atoms with E-state index >= 15 is 0 Å². The van der Waals surface area contributed by atoms with E-state index in [1.54, 1.807) is 12.1 Å². The third kappa shape index (κ3) is 4.35. The molecule has 0 saturated carbocycles. The Bertz CT molecular complexity index is 444. The van der Waals surface area contributed by atoms with Crippen molar-refractivity contribution in [1.29, 1.82) is 0 Å². The van der Waals surface area contributed by atoms with E-state index < -0.39 is 18.6 Å². The predicted octanol–water partition coefficient (Wildman–Crippen LogP) is 2.31. The Hall–Kier alpha value is -1.34. The standard InChI is InChI=1S/C13H16F4N2O/c14-11-7-10(8-20-9-13(15,16)17)1-2-12(11)19-5-3-18-4-6-19/h1-2,7,18H,3-6,8-9H2. The number of benzene rings is 1. The molecule has 0 aliphatic carbocycles. The van der Waals surface area contributed by atoms with Gasteiger partial charge in [-0.15, -0.1) is 0 Å². The summed E-state index contributed by atoms with van der Waals surface area (Å²) in [4.78, 5) is 1.91. The van der Waals surface area contributed by atoms with Crippen molar-refractivity contribution >= 4 is 5.69 Å². The van der Waals surface area contributed by atoms with Crippen molar-refractivity contribution in [1.82, 2.24) is 5.32 Å². The molecule has 0 amide bonds. The maximum Gasteiger partial charge on any atom is 0.411 e. The van der Waals surface area contributed by atoms with Crippen LogP contribution in [-0.4, -0.2) is 39.0 Å². The second-order valence-corrected chi connectivity index (χ2v) is 4.63. The van der Waals surface area contributed by atoms with Gasteiger partial charge in [-0.05, 0) is 17.7 Å². The van der Waals surface area contributed by atoms with Crippen LogP contribution >= 0.6 is 0 Å². The SMILES string of the molecule is Fc1cc(COCC(F)(F)F)ccc1N1CCNCC1. The first-order valence-electron chi connectivity index (χ1n) is 6.34. The molecule has 1 aliphatic rings. The van der Waals surface area contributed by atoms with Crippen LogP contribution in [0.15, 0.2) is 18.2 Å². The molecule has 7 heteroatoms. The lowest BCUT2D eigenvalue weighted by Crippen LogP contribution is -2.43. The van der Waals surface area contributed by atoms with Gasteiger partial charge in [-0.3, -0.25) is 0 Å². The highest BCUT2D eigenvalue weighted by molar-refractivity contribution is 5.49. The van der Waals surface area contributed by atoms with Gasteiger partial charge in [0.05, 0.1) is 12.3 Å². The average Bonchev–Trinajstić information content (AvgIpc) is 2.38. The maximum atomic E-state index is 14.0. The molecule has 1 N–H and O–H groups in total. The fraction of sp³-hybridized carbons (Fsp3) is 0.538. The monoisotopic (exact) mass is 292 g/mol. The smallest absolute Gasteiger partial charge is 0.367 e. The summed E-state index contributed by atoms with van der Waals surface area (Å²) in [5.41, 5.74) is 0.872. The summed E-state index contributed by atoms with van der Waals surface area (Å²) < 4.78 is 54.3. The fourth-order valence-electron chi connectivity index (χ4n) is 2.09. The first-order chi connectivity index (χ1) is 9.46. The molecule has 1 aromatic carbocycles. The Labute approximate surface area is 114 Å². The van der Waals surface area contributed by atoms with Gasteiger partial charge in [-0.2, -0.15) is 13.2 Å². The molecule has 20 heavy (non-hydrogen) atoms. The van der Waals surface area contributed by atoms with E-state index in [0.717, 1.165) is 13.1 Å². The van der Waals surface area contributed by atoms with Gasteiger partial charge in [0, 0.05) is 26.2 Å². The number of hydrogen-bond acceptors (Lipinski definition) is 3. The molecule has 1 heterocycles. The number of rotatable bonds is 4. The lowest BCUT2D eigenvalue weighted by atomic mass is 10.2. The summed E-state index contributed by atoms with van der Waals surface area (Å²) in [7, 11) is 0. The van der Waals surface area contributed by atoms with Crippen LogP contribution in [0.4, 0.5) is 23.2 Å². The quantitative estimate of drug-likeness (QED) is 0.862. The molecule has 0 spiro atoms. The van der Waals surface area contributed by atoms with Gasteiger partial charge in [0.25, 0.3) is 0 Å². The maximum absolute atomic E-state index is 14.0. The number of nitrogens with zero attached hydrogens (tertiary/aromatic N) is 1. The molecule has 3 nitrogen and oxygen atoms in total. The van der Waals surface area contributed by atoms with E-state index in [1.807, 2.05) is 4.90 Å². The highest BCUT2D eigenvalue weighted by atomic mass is 19.4. The molecule has 2 rings (SSSR count). The van der Waals surface area contributed by atoms with Crippen molar-refractivity contribution in [3.63, 3.8) is 0 Å². The number of anilines is 1. The molecule has 1 saturated heterocycles. The number of alkyl halides is 3. The molecule has 0 radical (unpaired) electrons. The zero-order valence-electron chi connectivity index (χ0n) is 10.8. The highest BCUT2D eigenvalue weighted by Gasteiger charge is 2.27. The Kier molecular flexibility index (Phi) is 4.82. The molecule has 1 fully saturated rings. The number of halogens is 4. The Morgan fingerprint density at radius 1 is 1.20 bits per heavy atom. The molecule has 0 atom stereocenters. The third-order valence-electron chi connectivity index (χ3n) is 3.00. The summed E-state index contributed by atoms with van der Waals surface area (Å²) in [5, 5.41) is 3.17. The van der Waals surface area contributed by atoms with E-state index in [1.165, 1.54) is 6.07 Å². The first-order valence-corrected chi connectivity index (χ1v) is 6.34. The predicted molar refractivity (Wildman–Crippen MR) is 67.2 cm³/mol. The summed E-state index contributed by atoms with van der Waals surface area (Å²) >= 11 is 0. The summed E-state index contributed by atoms with van der Waals surface area (Å²) in [5.74, 6) is -0.431. The van der Waals surface area contributed by atoms with Crippen LogP contribution < -0.4 is 10.2 Å². The Balaban J connectivity index is 1.95. The number of piperazine rings is 1. The van der Waals surface area contributed by atoms with E-state index in [2.05, 4.69) is 10.1 Å². The topological polar surface area (TPSA) is 24.5 Å². The van der Waals surface area contributed by atoms with Gasteiger partial charge in [-0.1, -0.05) is 6.07 Å². The van der Waals surface area contributed by atoms with Crippen LogP contribution in [0.2, 0.25) is 0 Å². The molecule has 1 aliphatic heterocycles. The first kappa shape index (κ1) is 15.1. The van der Waals surface area contributed by atoms with E-state index in [9.17, 15) is 17.6 Å². The van der Waals surface area contributed by atoms with Crippen LogP contribution in [0.25, 0.3) is 0 Å². The van der Waals surface area contributed by atoms with Crippen molar-refractivity contribution in [3.05, 3.63) is 29.6 Å². The molecule has 0 unspecified atom stereocenters. The summed E-state index contributed by atoms with van der Waals surface area (Å²) in [6.07, 6.45) is -4.36. The van der Waals surface area contributed by atoms with Crippen LogP contribution in [0.5, 0.6) is 0 Å². The second kappa shape index (κ2) is 6.41. The van der Waals surface area contributed by atoms with Crippen LogP contribution in [0.1, 0.15) is 5.56 Å². The molecule has 1 aromatic rings. The van der Waals surface area contributed by atoms with Crippen molar-refractivity contribution in [3.8, 4) is 0 Å². The fourth-order valence-corrected chi connectivity index (χ4v) is 2.09. The molecule has 0 bridgehead atoms. The molecular weight excluding hydrogens is 276 g/mol. The molecule has 112 valence electrons. The van der Waals surface area contributed by atoms with Gasteiger partial charge < -0.3 is 15.0 Å². The second-order valence-electron chi connectivity index (χ2n) is 4.63. The molecular formula is C13H16F4N2O. The van der Waals surface area contributed by atoms with Crippen molar-refractivity contribution in [2.75, 3.05) is 37.7 Å². The number of nitrogens with one attached hydrogen (secondary N) is 1. The Morgan fingerprint density at radius 2 is 1.90 bits per heavy atom. The minimum Gasteiger partial charge on any atom is -0.367 e. The van der Waals surface area contributed by atoms with Crippen molar-refractivity contribution < 1.29 is 22.3 Å². The largest absolute Gasteiger partial charge is 0.411 e. The van der Waals surface area contributed by atoms with Crippen molar-refractivity contribution in [2.45, 2.75) is 12.8 Å². The third-order valence-corrected chi connectivity index (χ3v) is 3.00. The normalized spacial score (nSPS) is 16.5. The lowest BCUT2D eigenvalue weighted by molar-refractivity contribution is -0.176. The van der Waals surface area contributed by atoms with Crippen LogP contribution in [0.3, 0.4) is 0 Å². The molecule has 0 aromatic heterocycles. The zero-order chi connectivity index (χ0) is 14.6. The van der Waals surface area contributed by atoms with Gasteiger partial charge >= 0.3 is 6.18 Å². The van der Waals surface area contributed by atoms with Crippen molar-refractivity contribution in [2.24, 2.45) is 0 Å². The lowest BCUT2D eigenvalue weighted by Gasteiger charge is -2.29. The van der Waals surface area contributed by atoms with E-state index in [4.69, 9.17) is 0 Å². The number of hydrogen-bond donors (Lipinski definition) is 1. The Morgan fingerprint density at radius 3 is 2.50 bits per heavy atom. The minimum atomic E-state index is -4.36. The summed E-state index contributed by atoms with van der Waals surface area (Å²) in [6.45, 7) is 1.42. The number of ether oxygens (including phenoxy) is 1. The zero-order valence-corrected chi connectivity index (χ0v) is 10.8. The van der Waals surface area contributed by atoms with Crippen LogP contribution in [0, 0.1) is 5.82 Å². The van der Waals surface area contributed by atoms with E-state index in [-0.39, 0.29) is 6.61 Å². The summed E-state index contributed by atoms with van der Waals surface area (Å²) in [6, 6.07) is 4.41. The van der Waals surface area contributed by atoms with Gasteiger partial charge in [-0.25, -0.2) is 4.39 Å². The average molecular weight is 292 g/mol. The minimum absolute atomic E-state index is 0.252. The van der Waals surface area contributed by atoms with Crippen LogP contribution in [-0.2, 0) is 11.3 Å². The highest BCUT2D eigenvalue weighted by Crippen LogP contribution is 2.22. The van der Waals surface area contributed by atoms with Gasteiger partial charge in [0.2, 0.25) is 0 Å². The van der Waals surface area contributed by atoms with Gasteiger partial charge in [0.15, 0.2) is 0 Å².